The molecule has 2 aromatic heterocycles. The molecule has 0 unspecified atom stereocenters. The van der Waals surface area contributed by atoms with Crippen LogP contribution in [-0.4, -0.2) is 42.0 Å². The topological polar surface area (TPSA) is 83.3 Å². The number of halogens is 1. The number of benzene rings is 1. The molecule has 3 aromatic rings. The third-order valence-corrected chi connectivity index (χ3v) is 5.33. The van der Waals surface area contributed by atoms with Gasteiger partial charge in [-0.25, -0.2) is 9.78 Å². The second-order valence-electron chi connectivity index (χ2n) is 5.98. The van der Waals surface area contributed by atoms with Gasteiger partial charge in [-0.05, 0) is 24.3 Å². The number of fused-ring (bicyclic) bond motifs is 1. The summed E-state index contributed by atoms with van der Waals surface area (Å²) >= 11 is 7.38. The molecule has 0 atom stereocenters. The molecule has 0 bridgehead atoms. The number of ether oxygens (including phenoxy) is 1. The molecule has 28 heavy (non-hydrogen) atoms. The molecule has 1 amide bonds. The summed E-state index contributed by atoms with van der Waals surface area (Å²) in [6.45, 7) is -0.105. The predicted octanol–water partition coefficient (Wildman–Crippen LogP) is 4.15. The molecule has 0 aliphatic rings. The number of hydrogen-bond donors (Lipinski definition) is 0. The summed E-state index contributed by atoms with van der Waals surface area (Å²) in [5.74, 6) is -0.975. The quantitative estimate of drug-likeness (QED) is 0.567. The Balaban J connectivity index is 1.86. The average molecular weight is 414 g/mol. The molecule has 142 valence electrons. The summed E-state index contributed by atoms with van der Waals surface area (Å²) in [4.78, 5) is 31.5. The monoisotopic (exact) mass is 413 g/mol. The molecule has 0 aliphatic carbocycles. The summed E-state index contributed by atoms with van der Waals surface area (Å²) < 4.78 is 5.86. The first-order valence-corrected chi connectivity index (χ1v) is 9.62. The van der Waals surface area contributed by atoms with Gasteiger partial charge < -0.3 is 9.64 Å². The summed E-state index contributed by atoms with van der Waals surface area (Å²) in [5, 5.41) is 9.24. The summed E-state index contributed by atoms with van der Waals surface area (Å²) in [5.41, 5.74) is 1.59. The summed E-state index contributed by atoms with van der Waals surface area (Å²) in [6, 6.07) is 14.5. The Morgan fingerprint density at radius 3 is 2.79 bits per heavy atom. The van der Waals surface area contributed by atoms with Crippen LogP contribution in [0.4, 0.5) is 0 Å². The van der Waals surface area contributed by atoms with Crippen molar-refractivity contribution in [3.63, 3.8) is 0 Å². The van der Waals surface area contributed by atoms with Crippen molar-refractivity contribution in [2.75, 3.05) is 20.2 Å². The van der Waals surface area contributed by atoms with Crippen molar-refractivity contribution in [1.29, 1.82) is 5.26 Å². The van der Waals surface area contributed by atoms with Crippen LogP contribution in [0.5, 0.6) is 0 Å². The van der Waals surface area contributed by atoms with E-state index in [1.165, 1.54) is 16.2 Å². The molecule has 0 fully saturated rings. The predicted molar refractivity (Wildman–Crippen MR) is 108 cm³/mol. The maximum atomic E-state index is 12.7. The Morgan fingerprint density at radius 2 is 2.07 bits per heavy atom. The Morgan fingerprint density at radius 1 is 1.29 bits per heavy atom. The lowest BCUT2D eigenvalue weighted by atomic mass is 10.1. The molecule has 0 N–H and O–H groups in total. The minimum absolute atomic E-state index is 0.220. The minimum atomic E-state index is -0.607. The number of rotatable bonds is 6. The molecule has 3 rings (SSSR count). The lowest BCUT2D eigenvalue weighted by Gasteiger charge is -2.15. The normalized spacial score (nSPS) is 10.5. The third-order valence-electron chi connectivity index (χ3n) is 4.07. The van der Waals surface area contributed by atoms with Crippen molar-refractivity contribution in [3.05, 3.63) is 52.4 Å². The van der Waals surface area contributed by atoms with Crippen LogP contribution < -0.4 is 0 Å². The number of nitrogens with zero attached hydrogens (tertiary/aromatic N) is 3. The number of carbonyl (C=O) groups is 2. The maximum absolute atomic E-state index is 12.7. The Labute approximate surface area is 170 Å². The highest BCUT2D eigenvalue weighted by Crippen LogP contribution is 2.32. The molecule has 0 saturated heterocycles. The van der Waals surface area contributed by atoms with Gasteiger partial charge in [0, 0.05) is 19.0 Å². The van der Waals surface area contributed by atoms with Crippen LogP contribution in [0.25, 0.3) is 21.5 Å². The van der Waals surface area contributed by atoms with Gasteiger partial charge in [0.1, 0.15) is 0 Å². The van der Waals surface area contributed by atoms with Crippen molar-refractivity contribution in [1.82, 2.24) is 9.88 Å². The van der Waals surface area contributed by atoms with E-state index in [-0.39, 0.29) is 18.9 Å². The number of aromatic nitrogens is 1. The fourth-order valence-electron chi connectivity index (χ4n) is 2.58. The number of para-hydroxylation sites is 1. The van der Waals surface area contributed by atoms with Crippen LogP contribution in [0.2, 0.25) is 4.34 Å². The van der Waals surface area contributed by atoms with Crippen LogP contribution in [0.15, 0.2) is 42.5 Å². The largest absolute Gasteiger partial charge is 0.452 e. The maximum Gasteiger partial charge on any atom is 0.339 e. The summed E-state index contributed by atoms with van der Waals surface area (Å²) in [7, 11) is 1.56. The van der Waals surface area contributed by atoms with Crippen LogP contribution in [-0.2, 0) is 9.53 Å². The molecule has 8 heteroatoms. The highest BCUT2D eigenvalue weighted by molar-refractivity contribution is 7.19. The fraction of sp³-hybridized carbons (Fsp3) is 0.200. The Hall–Kier alpha value is -2.95. The van der Waals surface area contributed by atoms with E-state index in [9.17, 15) is 9.59 Å². The van der Waals surface area contributed by atoms with Gasteiger partial charge in [0.2, 0.25) is 0 Å². The van der Waals surface area contributed by atoms with E-state index in [4.69, 9.17) is 21.6 Å². The lowest BCUT2D eigenvalue weighted by molar-refractivity contribution is -0.133. The van der Waals surface area contributed by atoms with Gasteiger partial charge in [0.15, 0.2) is 6.61 Å². The van der Waals surface area contributed by atoms with Crippen molar-refractivity contribution >= 4 is 45.7 Å². The zero-order chi connectivity index (χ0) is 20.1. The van der Waals surface area contributed by atoms with Crippen LogP contribution in [0.1, 0.15) is 16.8 Å². The van der Waals surface area contributed by atoms with E-state index in [0.717, 1.165) is 4.88 Å². The molecule has 0 spiro atoms. The Bertz CT molecular complexity index is 1070. The Kier molecular flexibility index (Phi) is 6.24. The number of pyridine rings is 1. The molecule has 1 aromatic carbocycles. The molecular weight excluding hydrogens is 398 g/mol. The third kappa shape index (κ3) is 4.47. The number of esters is 1. The molecular formula is C20H16ClN3O3S. The van der Waals surface area contributed by atoms with Crippen molar-refractivity contribution < 1.29 is 14.3 Å². The van der Waals surface area contributed by atoms with Gasteiger partial charge in [-0.1, -0.05) is 29.8 Å². The highest BCUT2D eigenvalue weighted by atomic mass is 35.5. The number of likely N-dealkylation sites (N-methyl/N-ethyl adjacent to an activating group) is 1. The first-order valence-electron chi connectivity index (χ1n) is 8.43. The first kappa shape index (κ1) is 19.8. The molecule has 2 heterocycles. The van der Waals surface area contributed by atoms with E-state index >= 15 is 0 Å². The van der Waals surface area contributed by atoms with E-state index in [0.29, 0.717) is 26.5 Å². The van der Waals surface area contributed by atoms with Crippen molar-refractivity contribution in [2.24, 2.45) is 0 Å². The van der Waals surface area contributed by atoms with E-state index in [1.807, 2.05) is 30.3 Å². The number of carbonyl (C=O) groups excluding carboxylic acids is 2. The second kappa shape index (κ2) is 8.83. The van der Waals surface area contributed by atoms with E-state index in [2.05, 4.69) is 4.98 Å². The zero-order valence-corrected chi connectivity index (χ0v) is 16.6. The fourth-order valence-corrected chi connectivity index (χ4v) is 3.58. The number of thiophene rings is 1. The average Bonchev–Trinajstić information content (AvgIpc) is 3.15. The van der Waals surface area contributed by atoms with Crippen LogP contribution in [0.3, 0.4) is 0 Å². The van der Waals surface area contributed by atoms with E-state index < -0.39 is 12.6 Å². The number of hydrogen-bond acceptors (Lipinski definition) is 6. The molecule has 0 aliphatic heterocycles. The van der Waals surface area contributed by atoms with Crippen molar-refractivity contribution in [2.45, 2.75) is 6.42 Å². The molecule has 0 saturated carbocycles. The van der Waals surface area contributed by atoms with Crippen molar-refractivity contribution in [3.8, 4) is 16.6 Å². The van der Waals surface area contributed by atoms with Crippen LogP contribution in [0, 0.1) is 11.3 Å². The van der Waals surface area contributed by atoms with Gasteiger partial charge >= 0.3 is 5.97 Å². The lowest BCUT2D eigenvalue weighted by Crippen LogP contribution is -2.32. The number of nitriles is 1. The number of amides is 1. The van der Waals surface area contributed by atoms with Gasteiger partial charge in [-0.2, -0.15) is 5.26 Å². The molecule has 0 radical (unpaired) electrons. The van der Waals surface area contributed by atoms with Gasteiger partial charge in [0.05, 0.1) is 38.5 Å². The second-order valence-corrected chi connectivity index (χ2v) is 7.69. The smallest absolute Gasteiger partial charge is 0.339 e. The minimum Gasteiger partial charge on any atom is -0.452 e. The van der Waals surface area contributed by atoms with Gasteiger partial charge in [0.25, 0.3) is 5.91 Å². The van der Waals surface area contributed by atoms with Gasteiger partial charge in [-0.3, -0.25) is 4.79 Å². The van der Waals surface area contributed by atoms with E-state index in [1.54, 1.807) is 25.2 Å². The summed E-state index contributed by atoms with van der Waals surface area (Å²) in [6.07, 6.45) is 0.220. The zero-order valence-electron chi connectivity index (χ0n) is 15.0. The van der Waals surface area contributed by atoms with Gasteiger partial charge in [-0.15, -0.1) is 11.3 Å². The highest BCUT2D eigenvalue weighted by Gasteiger charge is 2.18. The molecule has 6 nitrogen and oxygen atoms in total. The standard InChI is InChI=1S/C20H16ClN3O3S/c1-24(10-4-9-22)19(25)12-27-20(26)14-11-16(17-7-8-18(21)28-17)23-15-6-3-2-5-13(14)15/h2-3,5-8,11H,4,10,12H2,1H3. The van der Waals surface area contributed by atoms with Crippen LogP contribution >= 0.6 is 22.9 Å². The SMILES string of the molecule is CN(CCC#N)C(=O)COC(=O)c1cc(-c2ccc(Cl)s2)nc2ccccc12. The first-order chi connectivity index (χ1) is 13.5.